The third-order valence-corrected chi connectivity index (χ3v) is 3.40. The van der Waals surface area contributed by atoms with Crippen LogP contribution in [0.25, 0.3) is 0 Å². The molecule has 0 radical (unpaired) electrons. The van der Waals surface area contributed by atoms with Crippen molar-refractivity contribution in [2.45, 2.75) is 19.3 Å². The first-order valence-electron chi connectivity index (χ1n) is 7.01. The molecule has 0 aliphatic carbocycles. The van der Waals surface area contributed by atoms with Crippen LogP contribution in [0.5, 0.6) is 0 Å². The van der Waals surface area contributed by atoms with Gasteiger partial charge in [0.2, 0.25) is 0 Å². The van der Waals surface area contributed by atoms with Crippen molar-refractivity contribution in [2.24, 2.45) is 0 Å². The first-order chi connectivity index (χ1) is 9.66. The van der Waals surface area contributed by atoms with Gasteiger partial charge in [0.1, 0.15) is 0 Å². The molecular formula is C18H21NO. The number of carbonyl (C=O) groups excluding carboxylic acids is 1. The fraction of sp³-hybridized carbons (Fsp3) is 0.278. The predicted molar refractivity (Wildman–Crippen MR) is 84.5 cm³/mol. The highest BCUT2D eigenvalue weighted by Gasteiger charge is 2.07. The van der Waals surface area contributed by atoms with E-state index >= 15 is 0 Å². The van der Waals surface area contributed by atoms with E-state index in [1.165, 1.54) is 5.56 Å². The Bertz CT molecular complexity index is 561. The van der Waals surface area contributed by atoms with E-state index in [0.29, 0.717) is 6.42 Å². The zero-order chi connectivity index (χ0) is 14.4. The van der Waals surface area contributed by atoms with Crippen molar-refractivity contribution < 1.29 is 4.79 Å². The number of hydrogen-bond acceptors (Lipinski definition) is 2. The summed E-state index contributed by atoms with van der Waals surface area (Å²) >= 11 is 0. The molecule has 0 unspecified atom stereocenters. The van der Waals surface area contributed by atoms with Gasteiger partial charge in [-0.1, -0.05) is 42.5 Å². The minimum atomic E-state index is 0.227. The molecule has 0 heterocycles. The number of nitrogens with zero attached hydrogens (tertiary/aromatic N) is 1. The summed E-state index contributed by atoms with van der Waals surface area (Å²) in [6, 6.07) is 18.1. The lowest BCUT2D eigenvalue weighted by Crippen LogP contribution is -2.09. The van der Waals surface area contributed by atoms with Gasteiger partial charge in [0.05, 0.1) is 0 Å². The average Bonchev–Trinajstić information content (AvgIpc) is 2.48. The highest BCUT2D eigenvalue weighted by molar-refractivity contribution is 5.96. The number of aryl methyl sites for hydroxylation is 1. The summed E-state index contributed by atoms with van der Waals surface area (Å²) in [4.78, 5) is 14.2. The first kappa shape index (κ1) is 14.3. The van der Waals surface area contributed by atoms with E-state index < -0.39 is 0 Å². The average molecular weight is 267 g/mol. The molecule has 0 amide bonds. The van der Waals surface area contributed by atoms with Gasteiger partial charge in [-0.05, 0) is 30.5 Å². The molecule has 0 saturated heterocycles. The Balaban J connectivity index is 1.90. The quantitative estimate of drug-likeness (QED) is 0.738. The van der Waals surface area contributed by atoms with Crippen molar-refractivity contribution in [3.05, 3.63) is 65.7 Å². The molecule has 2 heteroatoms. The maximum atomic E-state index is 12.2. The maximum Gasteiger partial charge on any atom is 0.162 e. The SMILES string of the molecule is CN(C)c1cccc(C(=O)CCCc2ccccc2)c1. The summed E-state index contributed by atoms with van der Waals surface area (Å²) in [6.07, 6.45) is 2.46. The van der Waals surface area contributed by atoms with Crippen LogP contribution in [-0.2, 0) is 6.42 Å². The topological polar surface area (TPSA) is 20.3 Å². The highest BCUT2D eigenvalue weighted by atomic mass is 16.1. The van der Waals surface area contributed by atoms with Crippen molar-refractivity contribution in [1.82, 2.24) is 0 Å². The van der Waals surface area contributed by atoms with Crippen molar-refractivity contribution in [1.29, 1.82) is 0 Å². The van der Waals surface area contributed by atoms with Gasteiger partial charge in [0, 0.05) is 31.8 Å². The normalized spacial score (nSPS) is 10.3. The highest BCUT2D eigenvalue weighted by Crippen LogP contribution is 2.16. The molecule has 2 aromatic rings. The molecule has 2 nitrogen and oxygen atoms in total. The van der Waals surface area contributed by atoms with Crippen LogP contribution in [-0.4, -0.2) is 19.9 Å². The molecule has 0 bridgehead atoms. The summed E-state index contributed by atoms with van der Waals surface area (Å²) in [6.45, 7) is 0. The molecule has 0 aliphatic rings. The van der Waals surface area contributed by atoms with Crippen LogP contribution in [0.2, 0.25) is 0 Å². The molecule has 0 aliphatic heterocycles. The molecule has 0 atom stereocenters. The van der Waals surface area contributed by atoms with Gasteiger partial charge in [-0.2, -0.15) is 0 Å². The number of hydrogen-bond donors (Lipinski definition) is 0. The van der Waals surface area contributed by atoms with E-state index in [1.807, 2.05) is 61.5 Å². The van der Waals surface area contributed by atoms with Crippen LogP contribution in [0.15, 0.2) is 54.6 Å². The molecule has 0 spiro atoms. The van der Waals surface area contributed by atoms with Crippen LogP contribution in [0.1, 0.15) is 28.8 Å². The number of Topliss-reactive ketones (excluding diaryl/α,β-unsaturated/α-hetero) is 1. The molecule has 2 rings (SSSR count). The Morgan fingerprint density at radius 2 is 1.75 bits per heavy atom. The molecule has 0 N–H and O–H groups in total. The van der Waals surface area contributed by atoms with E-state index in [2.05, 4.69) is 12.1 Å². The molecule has 0 fully saturated rings. The van der Waals surface area contributed by atoms with Gasteiger partial charge in [-0.15, -0.1) is 0 Å². The first-order valence-corrected chi connectivity index (χ1v) is 7.01. The van der Waals surface area contributed by atoms with E-state index in [4.69, 9.17) is 0 Å². The van der Waals surface area contributed by atoms with Crippen LogP contribution in [0, 0.1) is 0 Å². The molecule has 0 saturated carbocycles. The second-order valence-corrected chi connectivity index (χ2v) is 5.21. The minimum Gasteiger partial charge on any atom is -0.378 e. The molecule has 0 aromatic heterocycles. The number of rotatable bonds is 6. The van der Waals surface area contributed by atoms with E-state index in [0.717, 1.165) is 24.1 Å². The van der Waals surface area contributed by atoms with Gasteiger partial charge in [-0.3, -0.25) is 4.79 Å². The Kier molecular flexibility index (Phi) is 4.94. The standard InChI is InChI=1S/C18H21NO/c1-19(2)17-12-7-11-16(14-17)18(20)13-6-10-15-8-4-3-5-9-15/h3-5,7-9,11-12,14H,6,10,13H2,1-2H3. The van der Waals surface area contributed by atoms with Crippen molar-refractivity contribution in [3.8, 4) is 0 Å². The van der Waals surface area contributed by atoms with Crippen molar-refractivity contribution in [3.63, 3.8) is 0 Å². The minimum absolute atomic E-state index is 0.227. The second-order valence-electron chi connectivity index (χ2n) is 5.21. The van der Waals surface area contributed by atoms with Gasteiger partial charge in [-0.25, -0.2) is 0 Å². The van der Waals surface area contributed by atoms with Crippen LogP contribution < -0.4 is 4.90 Å². The van der Waals surface area contributed by atoms with Gasteiger partial charge in [0.25, 0.3) is 0 Å². The third kappa shape index (κ3) is 3.95. The summed E-state index contributed by atoms with van der Waals surface area (Å²) in [5.74, 6) is 0.227. The third-order valence-electron chi connectivity index (χ3n) is 3.40. The van der Waals surface area contributed by atoms with Crippen LogP contribution in [0.3, 0.4) is 0 Å². The maximum absolute atomic E-state index is 12.2. The smallest absolute Gasteiger partial charge is 0.162 e. The zero-order valence-corrected chi connectivity index (χ0v) is 12.2. The van der Waals surface area contributed by atoms with Gasteiger partial charge < -0.3 is 4.90 Å². The lowest BCUT2D eigenvalue weighted by molar-refractivity contribution is 0.0980. The Hall–Kier alpha value is -2.09. The molecule has 2 aromatic carbocycles. The van der Waals surface area contributed by atoms with Crippen molar-refractivity contribution >= 4 is 11.5 Å². The van der Waals surface area contributed by atoms with Gasteiger partial charge in [0.15, 0.2) is 5.78 Å². The van der Waals surface area contributed by atoms with Gasteiger partial charge >= 0.3 is 0 Å². The summed E-state index contributed by atoms with van der Waals surface area (Å²) in [5.41, 5.74) is 3.17. The fourth-order valence-electron chi connectivity index (χ4n) is 2.20. The van der Waals surface area contributed by atoms with E-state index in [9.17, 15) is 4.79 Å². The predicted octanol–water partition coefficient (Wildman–Crippen LogP) is 3.96. The van der Waals surface area contributed by atoms with Crippen LogP contribution >= 0.6 is 0 Å². The fourth-order valence-corrected chi connectivity index (χ4v) is 2.20. The summed E-state index contributed by atoms with van der Waals surface area (Å²) in [7, 11) is 3.97. The van der Waals surface area contributed by atoms with E-state index in [1.54, 1.807) is 0 Å². The lowest BCUT2D eigenvalue weighted by atomic mass is 10.0. The summed E-state index contributed by atoms with van der Waals surface area (Å²) < 4.78 is 0. The monoisotopic (exact) mass is 267 g/mol. The lowest BCUT2D eigenvalue weighted by Gasteiger charge is -2.13. The molecular weight excluding hydrogens is 246 g/mol. The largest absolute Gasteiger partial charge is 0.378 e. The zero-order valence-electron chi connectivity index (χ0n) is 12.2. The Labute approximate surface area is 121 Å². The summed E-state index contributed by atoms with van der Waals surface area (Å²) in [5, 5.41) is 0. The Morgan fingerprint density at radius 3 is 2.45 bits per heavy atom. The number of ketones is 1. The second kappa shape index (κ2) is 6.90. The Morgan fingerprint density at radius 1 is 1.00 bits per heavy atom. The number of carbonyl (C=O) groups is 1. The molecule has 20 heavy (non-hydrogen) atoms. The van der Waals surface area contributed by atoms with Crippen LogP contribution in [0.4, 0.5) is 5.69 Å². The molecule has 104 valence electrons. The van der Waals surface area contributed by atoms with E-state index in [-0.39, 0.29) is 5.78 Å². The number of anilines is 1. The van der Waals surface area contributed by atoms with Crippen molar-refractivity contribution in [2.75, 3.05) is 19.0 Å². The number of benzene rings is 2.